The van der Waals surface area contributed by atoms with Crippen molar-refractivity contribution < 1.29 is 14.1 Å². The first kappa shape index (κ1) is 24.0. The van der Waals surface area contributed by atoms with Gasteiger partial charge in [-0.15, -0.1) is 24.0 Å². The summed E-state index contributed by atoms with van der Waals surface area (Å²) in [5, 5.41) is 18.7. The summed E-state index contributed by atoms with van der Waals surface area (Å²) < 4.78 is 11.4. The molecule has 1 aliphatic rings. The van der Waals surface area contributed by atoms with Gasteiger partial charge in [0.25, 0.3) is 5.69 Å². The Labute approximate surface area is 203 Å². The Morgan fingerprint density at radius 1 is 1.25 bits per heavy atom. The SMILES string of the molecule is CC(NC(=NCc1ccc([N+](=O)[O-])cc1)NCC1CCOC1)c1cc2ccccc2o1.I. The summed E-state index contributed by atoms with van der Waals surface area (Å²) in [5.74, 6) is 1.95. The van der Waals surface area contributed by atoms with Crippen LogP contribution in [0.15, 0.2) is 64.0 Å². The van der Waals surface area contributed by atoms with Crippen LogP contribution in [0.5, 0.6) is 0 Å². The molecule has 4 rings (SSSR count). The molecule has 0 saturated carbocycles. The largest absolute Gasteiger partial charge is 0.459 e. The minimum Gasteiger partial charge on any atom is -0.459 e. The Balaban J connectivity index is 0.00000289. The number of hydrogen-bond acceptors (Lipinski definition) is 5. The smallest absolute Gasteiger partial charge is 0.269 e. The van der Waals surface area contributed by atoms with E-state index in [4.69, 9.17) is 14.1 Å². The normalized spacial score (nSPS) is 17.0. The number of halogens is 1. The molecule has 0 spiro atoms. The first-order valence-corrected chi connectivity index (χ1v) is 10.4. The number of nitrogens with one attached hydrogen (secondary N) is 2. The predicted molar refractivity (Wildman–Crippen MR) is 134 cm³/mol. The number of benzene rings is 2. The summed E-state index contributed by atoms with van der Waals surface area (Å²) >= 11 is 0. The fraction of sp³-hybridized carbons (Fsp3) is 0.348. The second-order valence-electron chi connectivity index (χ2n) is 7.75. The van der Waals surface area contributed by atoms with Crippen LogP contribution >= 0.6 is 24.0 Å². The molecule has 32 heavy (non-hydrogen) atoms. The third-order valence-electron chi connectivity index (χ3n) is 5.37. The summed E-state index contributed by atoms with van der Waals surface area (Å²) in [6.07, 6.45) is 1.03. The number of hydrogen-bond donors (Lipinski definition) is 2. The highest BCUT2D eigenvalue weighted by molar-refractivity contribution is 14.0. The monoisotopic (exact) mass is 550 g/mol. The zero-order valence-electron chi connectivity index (χ0n) is 17.8. The highest BCUT2D eigenvalue weighted by Crippen LogP contribution is 2.23. The molecule has 2 atom stereocenters. The lowest BCUT2D eigenvalue weighted by Gasteiger charge is -2.18. The maximum atomic E-state index is 10.8. The molecular formula is C23H27IN4O4. The number of nitro groups is 1. The predicted octanol–water partition coefficient (Wildman–Crippen LogP) is 4.79. The van der Waals surface area contributed by atoms with E-state index in [1.807, 2.05) is 37.3 Å². The molecule has 0 aliphatic carbocycles. The number of nitro benzene ring substituents is 1. The number of ether oxygens (including phenoxy) is 1. The lowest BCUT2D eigenvalue weighted by molar-refractivity contribution is -0.384. The van der Waals surface area contributed by atoms with Crippen molar-refractivity contribution in [3.8, 4) is 0 Å². The first-order chi connectivity index (χ1) is 15.1. The molecule has 1 saturated heterocycles. The average molecular weight is 550 g/mol. The molecule has 2 N–H and O–H groups in total. The quantitative estimate of drug-likeness (QED) is 0.144. The molecule has 1 fully saturated rings. The van der Waals surface area contributed by atoms with Gasteiger partial charge in [0, 0.05) is 36.6 Å². The Kier molecular flexibility index (Phi) is 8.46. The fourth-order valence-corrected chi connectivity index (χ4v) is 3.52. The zero-order chi connectivity index (χ0) is 21.6. The highest BCUT2D eigenvalue weighted by Gasteiger charge is 2.18. The van der Waals surface area contributed by atoms with E-state index in [2.05, 4.69) is 10.6 Å². The Hall–Kier alpha value is -2.66. The molecule has 1 aromatic heterocycles. The molecule has 0 radical (unpaired) electrons. The van der Waals surface area contributed by atoms with Gasteiger partial charge < -0.3 is 19.8 Å². The Morgan fingerprint density at radius 2 is 2.03 bits per heavy atom. The van der Waals surface area contributed by atoms with Gasteiger partial charge in [-0.25, -0.2) is 4.99 Å². The molecule has 1 aliphatic heterocycles. The van der Waals surface area contributed by atoms with Crippen LogP contribution in [0.2, 0.25) is 0 Å². The summed E-state index contributed by atoms with van der Waals surface area (Å²) in [6.45, 7) is 4.74. The van der Waals surface area contributed by atoms with Crippen molar-refractivity contribution in [2.45, 2.75) is 25.9 Å². The van der Waals surface area contributed by atoms with E-state index in [0.717, 1.165) is 48.5 Å². The number of rotatable bonds is 7. The number of guanidine groups is 1. The minimum atomic E-state index is -0.403. The van der Waals surface area contributed by atoms with Gasteiger partial charge in [0.2, 0.25) is 0 Å². The van der Waals surface area contributed by atoms with E-state index in [9.17, 15) is 10.1 Å². The van der Waals surface area contributed by atoms with E-state index in [1.165, 1.54) is 12.1 Å². The van der Waals surface area contributed by atoms with Gasteiger partial charge in [0.05, 0.1) is 24.1 Å². The minimum absolute atomic E-state index is 0. The maximum absolute atomic E-state index is 10.8. The molecular weight excluding hydrogens is 523 g/mol. The van der Waals surface area contributed by atoms with Crippen LogP contribution < -0.4 is 10.6 Å². The second-order valence-corrected chi connectivity index (χ2v) is 7.75. The van der Waals surface area contributed by atoms with Crippen LogP contribution in [0.4, 0.5) is 5.69 Å². The van der Waals surface area contributed by atoms with Crippen LogP contribution in [-0.2, 0) is 11.3 Å². The van der Waals surface area contributed by atoms with Crippen molar-refractivity contribution in [2.75, 3.05) is 19.8 Å². The average Bonchev–Trinajstić information content (AvgIpc) is 3.45. The van der Waals surface area contributed by atoms with Crippen LogP contribution in [0.1, 0.15) is 30.7 Å². The number of nitrogens with zero attached hydrogens (tertiary/aromatic N) is 2. The molecule has 3 aromatic rings. The van der Waals surface area contributed by atoms with Crippen molar-refractivity contribution in [3.05, 3.63) is 76.0 Å². The zero-order valence-corrected chi connectivity index (χ0v) is 20.2. The summed E-state index contributed by atoms with van der Waals surface area (Å²) in [5.41, 5.74) is 1.82. The molecule has 170 valence electrons. The van der Waals surface area contributed by atoms with Crippen molar-refractivity contribution >= 4 is 46.6 Å². The van der Waals surface area contributed by atoms with Crippen molar-refractivity contribution in [1.29, 1.82) is 0 Å². The van der Waals surface area contributed by atoms with Crippen LogP contribution in [-0.4, -0.2) is 30.6 Å². The van der Waals surface area contributed by atoms with Crippen LogP contribution in [0, 0.1) is 16.0 Å². The van der Waals surface area contributed by atoms with Gasteiger partial charge in [0.1, 0.15) is 11.3 Å². The topological polar surface area (TPSA) is 102 Å². The van der Waals surface area contributed by atoms with E-state index in [-0.39, 0.29) is 35.7 Å². The van der Waals surface area contributed by atoms with Gasteiger partial charge in [0.15, 0.2) is 5.96 Å². The van der Waals surface area contributed by atoms with Crippen LogP contribution in [0.25, 0.3) is 11.0 Å². The molecule has 2 heterocycles. The van der Waals surface area contributed by atoms with Gasteiger partial charge in [-0.2, -0.15) is 0 Å². The first-order valence-electron chi connectivity index (χ1n) is 10.4. The summed E-state index contributed by atoms with van der Waals surface area (Å²) in [7, 11) is 0. The summed E-state index contributed by atoms with van der Waals surface area (Å²) in [6, 6.07) is 16.3. The van der Waals surface area contributed by atoms with Crippen LogP contribution in [0.3, 0.4) is 0 Å². The van der Waals surface area contributed by atoms with E-state index >= 15 is 0 Å². The number of aliphatic imine (C=N–C) groups is 1. The lowest BCUT2D eigenvalue weighted by Crippen LogP contribution is -2.41. The van der Waals surface area contributed by atoms with Gasteiger partial charge in [-0.05, 0) is 31.0 Å². The molecule has 2 unspecified atom stereocenters. The number of fused-ring (bicyclic) bond motifs is 1. The summed E-state index contributed by atoms with van der Waals surface area (Å²) in [4.78, 5) is 15.1. The third kappa shape index (κ3) is 6.19. The van der Waals surface area contributed by atoms with Crippen molar-refractivity contribution in [2.24, 2.45) is 10.9 Å². The van der Waals surface area contributed by atoms with E-state index in [1.54, 1.807) is 12.1 Å². The number of para-hydroxylation sites is 1. The molecule has 0 bridgehead atoms. The second kappa shape index (κ2) is 11.3. The van der Waals surface area contributed by atoms with Crippen molar-refractivity contribution in [1.82, 2.24) is 10.6 Å². The highest BCUT2D eigenvalue weighted by atomic mass is 127. The molecule has 2 aromatic carbocycles. The maximum Gasteiger partial charge on any atom is 0.269 e. The Morgan fingerprint density at radius 3 is 2.72 bits per heavy atom. The Bertz CT molecular complexity index is 1030. The molecule has 0 amide bonds. The standard InChI is InChI=1S/C23H26N4O4.HI/c1-16(22-12-19-4-2-3-5-21(19)31-22)26-23(25-14-18-10-11-30-15-18)24-13-17-6-8-20(9-7-17)27(28)29;/h2-9,12,16,18H,10-11,13-15H2,1H3,(H2,24,25,26);1H. The van der Waals surface area contributed by atoms with E-state index in [0.29, 0.717) is 18.4 Å². The number of furan rings is 1. The number of non-ortho nitro benzene ring substituents is 1. The van der Waals surface area contributed by atoms with Gasteiger partial charge in [-0.1, -0.05) is 30.3 Å². The third-order valence-corrected chi connectivity index (χ3v) is 5.37. The molecule has 8 nitrogen and oxygen atoms in total. The fourth-order valence-electron chi connectivity index (χ4n) is 3.52. The van der Waals surface area contributed by atoms with Gasteiger partial charge >= 0.3 is 0 Å². The van der Waals surface area contributed by atoms with Gasteiger partial charge in [-0.3, -0.25) is 10.1 Å². The lowest BCUT2D eigenvalue weighted by atomic mass is 10.1. The molecule has 9 heteroatoms. The van der Waals surface area contributed by atoms with Crippen molar-refractivity contribution in [3.63, 3.8) is 0 Å². The van der Waals surface area contributed by atoms with E-state index < -0.39 is 4.92 Å².